The van der Waals surface area contributed by atoms with Gasteiger partial charge in [-0.25, -0.2) is 12.8 Å². The highest BCUT2D eigenvalue weighted by atomic mass is 79.9. The van der Waals surface area contributed by atoms with Gasteiger partial charge in [-0.3, -0.25) is 0 Å². The molecule has 0 bridgehead atoms. The Morgan fingerprint density at radius 1 is 1.28 bits per heavy atom. The molecule has 0 saturated carbocycles. The molecule has 1 saturated heterocycles. The summed E-state index contributed by atoms with van der Waals surface area (Å²) in [6.45, 7) is 2.16. The molecule has 18 heavy (non-hydrogen) atoms. The van der Waals surface area contributed by atoms with E-state index < -0.39 is 15.8 Å². The molecule has 0 radical (unpaired) electrons. The maximum absolute atomic E-state index is 13.7. The van der Waals surface area contributed by atoms with Crippen molar-refractivity contribution in [3.8, 4) is 0 Å². The van der Waals surface area contributed by atoms with Gasteiger partial charge in [-0.2, -0.15) is 4.31 Å². The number of nitrogens with one attached hydrogen (secondary N) is 1. The Balaban J connectivity index is 2.37. The Labute approximate surface area is 114 Å². The zero-order valence-corrected chi connectivity index (χ0v) is 12.1. The summed E-state index contributed by atoms with van der Waals surface area (Å²) < 4.78 is 40.3. The molecule has 0 atom stereocenters. The summed E-state index contributed by atoms with van der Waals surface area (Å²) in [5, 5.41) is 3.12. The highest BCUT2D eigenvalue weighted by Crippen LogP contribution is 2.23. The molecule has 4 nitrogen and oxygen atoms in total. The molecular formula is C11H14BrFN2O2S. The molecule has 1 N–H and O–H groups in total. The van der Waals surface area contributed by atoms with Gasteiger partial charge in [-0.05, 0) is 31.2 Å². The van der Waals surface area contributed by atoms with Crippen molar-refractivity contribution in [2.24, 2.45) is 0 Å². The number of benzene rings is 1. The topological polar surface area (TPSA) is 49.4 Å². The zero-order valence-electron chi connectivity index (χ0n) is 9.70. The number of hydrogen-bond donors (Lipinski definition) is 1. The van der Waals surface area contributed by atoms with E-state index in [2.05, 4.69) is 21.2 Å². The van der Waals surface area contributed by atoms with Gasteiger partial charge in [-0.1, -0.05) is 15.9 Å². The molecule has 0 aromatic heterocycles. The summed E-state index contributed by atoms with van der Waals surface area (Å²) >= 11 is 3.17. The van der Waals surface area contributed by atoms with Crippen LogP contribution in [0.2, 0.25) is 0 Å². The normalized spacial score (nSPS) is 18.6. The van der Waals surface area contributed by atoms with Gasteiger partial charge in [0.25, 0.3) is 0 Å². The Bertz CT molecular complexity index is 528. The fourth-order valence-electron chi connectivity index (χ4n) is 1.88. The van der Waals surface area contributed by atoms with Crippen LogP contribution < -0.4 is 5.32 Å². The Morgan fingerprint density at radius 3 is 2.83 bits per heavy atom. The number of hydrogen-bond acceptors (Lipinski definition) is 3. The number of halogens is 2. The monoisotopic (exact) mass is 336 g/mol. The van der Waals surface area contributed by atoms with E-state index in [0.717, 1.165) is 19.0 Å². The standard InChI is InChI=1S/C11H14BrFN2O2S/c12-9-2-3-10(13)11(8-9)18(16,17)15-6-1-4-14-5-7-15/h2-3,8,14H,1,4-7H2. The average Bonchev–Trinajstić information content (AvgIpc) is 2.61. The Morgan fingerprint density at radius 2 is 2.06 bits per heavy atom. The van der Waals surface area contributed by atoms with Crippen molar-refractivity contribution in [3.05, 3.63) is 28.5 Å². The molecule has 100 valence electrons. The molecule has 1 fully saturated rings. The third-order valence-electron chi connectivity index (χ3n) is 2.81. The molecule has 1 aliphatic rings. The van der Waals surface area contributed by atoms with E-state index >= 15 is 0 Å². The molecule has 1 aromatic carbocycles. The summed E-state index contributed by atoms with van der Waals surface area (Å²) in [6, 6.07) is 3.95. The second-order valence-electron chi connectivity index (χ2n) is 4.08. The third kappa shape index (κ3) is 2.90. The van der Waals surface area contributed by atoms with E-state index in [-0.39, 0.29) is 4.90 Å². The lowest BCUT2D eigenvalue weighted by atomic mass is 10.3. The van der Waals surface area contributed by atoms with E-state index in [9.17, 15) is 12.8 Å². The van der Waals surface area contributed by atoms with Crippen LogP contribution in [0.5, 0.6) is 0 Å². The van der Waals surface area contributed by atoms with Crippen molar-refractivity contribution >= 4 is 26.0 Å². The Kier molecular flexibility index (Phi) is 4.37. The van der Waals surface area contributed by atoms with Gasteiger partial charge < -0.3 is 5.32 Å². The van der Waals surface area contributed by atoms with Gasteiger partial charge >= 0.3 is 0 Å². The first-order valence-electron chi connectivity index (χ1n) is 5.68. The maximum atomic E-state index is 13.7. The molecule has 1 aliphatic heterocycles. The van der Waals surface area contributed by atoms with Gasteiger partial charge in [0.1, 0.15) is 10.7 Å². The van der Waals surface area contributed by atoms with Crippen molar-refractivity contribution in [2.45, 2.75) is 11.3 Å². The van der Waals surface area contributed by atoms with Crippen LogP contribution in [0.4, 0.5) is 4.39 Å². The summed E-state index contributed by atoms with van der Waals surface area (Å²) in [7, 11) is -3.75. The number of sulfonamides is 1. The second-order valence-corrected chi connectivity index (χ2v) is 6.90. The molecule has 7 heteroatoms. The first-order valence-corrected chi connectivity index (χ1v) is 7.91. The highest BCUT2D eigenvalue weighted by Gasteiger charge is 2.27. The molecule has 0 aliphatic carbocycles. The first kappa shape index (κ1) is 13.9. The molecule has 2 rings (SSSR count). The summed E-state index contributed by atoms with van der Waals surface area (Å²) in [4.78, 5) is -0.265. The zero-order chi connectivity index (χ0) is 13.2. The van der Waals surface area contributed by atoms with Crippen LogP contribution in [-0.2, 0) is 10.0 Å². The van der Waals surface area contributed by atoms with Gasteiger partial charge in [0, 0.05) is 24.1 Å². The molecule has 1 aromatic rings. The number of nitrogens with zero attached hydrogens (tertiary/aromatic N) is 1. The smallest absolute Gasteiger partial charge is 0.246 e. The lowest BCUT2D eigenvalue weighted by Crippen LogP contribution is -2.34. The first-order chi connectivity index (χ1) is 8.51. The molecule has 0 unspecified atom stereocenters. The fourth-order valence-corrected chi connectivity index (χ4v) is 3.96. The third-order valence-corrected chi connectivity index (χ3v) is 5.22. The summed E-state index contributed by atoms with van der Waals surface area (Å²) in [5.41, 5.74) is 0. The highest BCUT2D eigenvalue weighted by molar-refractivity contribution is 9.10. The average molecular weight is 337 g/mol. The quantitative estimate of drug-likeness (QED) is 0.891. The largest absolute Gasteiger partial charge is 0.315 e. The van der Waals surface area contributed by atoms with Crippen LogP contribution in [-0.4, -0.2) is 38.9 Å². The van der Waals surface area contributed by atoms with E-state index in [0.29, 0.717) is 24.1 Å². The summed E-state index contributed by atoms with van der Waals surface area (Å²) in [5.74, 6) is -0.713. The van der Waals surface area contributed by atoms with Crippen molar-refractivity contribution in [1.29, 1.82) is 0 Å². The SMILES string of the molecule is O=S(=O)(c1cc(Br)ccc1F)N1CCCNCC1. The van der Waals surface area contributed by atoms with E-state index in [1.54, 1.807) is 0 Å². The molecule has 0 spiro atoms. The van der Waals surface area contributed by atoms with Crippen LogP contribution in [0.25, 0.3) is 0 Å². The van der Waals surface area contributed by atoms with Crippen molar-refractivity contribution in [1.82, 2.24) is 9.62 Å². The fraction of sp³-hybridized carbons (Fsp3) is 0.455. The summed E-state index contributed by atoms with van der Waals surface area (Å²) in [6.07, 6.45) is 0.731. The predicted molar refractivity (Wildman–Crippen MR) is 70.3 cm³/mol. The minimum atomic E-state index is -3.75. The van der Waals surface area contributed by atoms with Gasteiger partial charge in [0.05, 0.1) is 0 Å². The lowest BCUT2D eigenvalue weighted by molar-refractivity contribution is 0.427. The van der Waals surface area contributed by atoms with Crippen LogP contribution in [0.1, 0.15) is 6.42 Å². The van der Waals surface area contributed by atoms with Crippen molar-refractivity contribution in [3.63, 3.8) is 0 Å². The molecule has 1 heterocycles. The van der Waals surface area contributed by atoms with Crippen LogP contribution in [0.3, 0.4) is 0 Å². The van der Waals surface area contributed by atoms with Crippen LogP contribution in [0.15, 0.2) is 27.6 Å². The minimum absolute atomic E-state index is 0.265. The van der Waals surface area contributed by atoms with Gasteiger partial charge in [-0.15, -0.1) is 0 Å². The van der Waals surface area contributed by atoms with Crippen LogP contribution >= 0.6 is 15.9 Å². The molecular weight excluding hydrogens is 323 g/mol. The van der Waals surface area contributed by atoms with Gasteiger partial charge in [0.15, 0.2) is 0 Å². The predicted octanol–water partition coefficient (Wildman–Crippen LogP) is 1.57. The lowest BCUT2D eigenvalue weighted by Gasteiger charge is -2.20. The number of rotatable bonds is 2. The Hall–Kier alpha value is -0.500. The van der Waals surface area contributed by atoms with Crippen molar-refractivity contribution in [2.75, 3.05) is 26.2 Å². The van der Waals surface area contributed by atoms with Crippen LogP contribution in [0, 0.1) is 5.82 Å². The molecule has 0 amide bonds. The second kappa shape index (κ2) is 5.64. The van der Waals surface area contributed by atoms with Crippen molar-refractivity contribution < 1.29 is 12.8 Å². The maximum Gasteiger partial charge on any atom is 0.246 e. The van der Waals surface area contributed by atoms with E-state index in [1.165, 1.54) is 16.4 Å². The minimum Gasteiger partial charge on any atom is -0.315 e. The van der Waals surface area contributed by atoms with E-state index in [4.69, 9.17) is 0 Å². The van der Waals surface area contributed by atoms with Gasteiger partial charge in [0.2, 0.25) is 10.0 Å². The van der Waals surface area contributed by atoms with E-state index in [1.807, 2.05) is 0 Å².